The molecule has 0 bridgehead atoms. The Morgan fingerprint density at radius 2 is 1.69 bits per heavy atom. The van der Waals surface area contributed by atoms with E-state index in [0.717, 1.165) is 11.1 Å². The Labute approximate surface area is 158 Å². The monoisotopic (exact) mass is 375 g/mol. The average molecular weight is 376 g/mol. The second-order valence-corrected chi connectivity index (χ2v) is 5.95. The van der Waals surface area contributed by atoms with Gasteiger partial charge in [-0.15, -0.1) is 0 Å². The lowest BCUT2D eigenvalue weighted by Crippen LogP contribution is -2.24. The molecule has 0 heterocycles. The summed E-state index contributed by atoms with van der Waals surface area (Å²) in [6.45, 7) is 1.88. The molecule has 138 valence electrons. The molecule has 1 N–H and O–H groups in total. The molecule has 2 aromatic rings. The summed E-state index contributed by atoms with van der Waals surface area (Å²) in [6.07, 6.45) is 3.13. The van der Waals surface area contributed by atoms with Crippen LogP contribution in [0.5, 0.6) is 17.2 Å². The van der Waals surface area contributed by atoms with E-state index in [4.69, 9.17) is 25.8 Å². The predicted molar refractivity (Wildman–Crippen MR) is 103 cm³/mol. The zero-order valence-corrected chi connectivity index (χ0v) is 16.0. The van der Waals surface area contributed by atoms with Gasteiger partial charge in [0, 0.05) is 11.1 Å². The van der Waals surface area contributed by atoms with Crippen LogP contribution in [0.25, 0.3) is 6.08 Å². The molecule has 0 aromatic heterocycles. The van der Waals surface area contributed by atoms with Crippen LogP contribution in [0.15, 0.2) is 42.5 Å². The van der Waals surface area contributed by atoms with Gasteiger partial charge in [0.25, 0.3) is 0 Å². The highest BCUT2D eigenvalue weighted by Crippen LogP contribution is 2.38. The van der Waals surface area contributed by atoms with Crippen LogP contribution in [-0.4, -0.2) is 27.2 Å². The van der Waals surface area contributed by atoms with Gasteiger partial charge in [0.1, 0.15) is 0 Å². The van der Waals surface area contributed by atoms with E-state index < -0.39 is 0 Å². The van der Waals surface area contributed by atoms with Crippen LogP contribution < -0.4 is 19.5 Å². The van der Waals surface area contributed by atoms with Crippen LogP contribution in [0, 0.1) is 0 Å². The number of carbonyl (C=O) groups excluding carboxylic acids is 1. The molecule has 2 aromatic carbocycles. The van der Waals surface area contributed by atoms with Crippen molar-refractivity contribution in [2.24, 2.45) is 0 Å². The van der Waals surface area contributed by atoms with Crippen LogP contribution in [0.4, 0.5) is 0 Å². The first kappa shape index (κ1) is 19.7. The molecule has 6 heteroatoms. The van der Waals surface area contributed by atoms with Crippen LogP contribution in [0.2, 0.25) is 5.02 Å². The highest BCUT2D eigenvalue weighted by atomic mass is 35.5. The van der Waals surface area contributed by atoms with Crippen molar-refractivity contribution in [3.63, 3.8) is 0 Å². The van der Waals surface area contributed by atoms with Gasteiger partial charge < -0.3 is 19.5 Å². The van der Waals surface area contributed by atoms with Crippen molar-refractivity contribution in [3.8, 4) is 17.2 Å². The van der Waals surface area contributed by atoms with Gasteiger partial charge in [0.15, 0.2) is 11.5 Å². The third kappa shape index (κ3) is 4.70. The lowest BCUT2D eigenvalue weighted by molar-refractivity contribution is -0.117. The number of rotatable bonds is 7. The molecule has 0 spiro atoms. The Morgan fingerprint density at radius 1 is 1.08 bits per heavy atom. The Balaban J connectivity index is 2.14. The quantitative estimate of drug-likeness (QED) is 0.735. The first-order valence-electron chi connectivity index (χ1n) is 8.03. The van der Waals surface area contributed by atoms with Crippen molar-refractivity contribution >= 4 is 23.6 Å². The van der Waals surface area contributed by atoms with Gasteiger partial charge in [0.05, 0.1) is 27.4 Å². The van der Waals surface area contributed by atoms with Crippen LogP contribution in [-0.2, 0) is 4.79 Å². The van der Waals surface area contributed by atoms with Crippen LogP contribution >= 0.6 is 11.6 Å². The van der Waals surface area contributed by atoms with E-state index in [1.165, 1.54) is 6.08 Å². The maximum Gasteiger partial charge on any atom is 0.244 e. The first-order valence-corrected chi connectivity index (χ1v) is 8.41. The maximum absolute atomic E-state index is 12.2. The van der Waals surface area contributed by atoms with Crippen molar-refractivity contribution in [2.75, 3.05) is 21.3 Å². The average Bonchev–Trinajstić information content (AvgIpc) is 2.65. The number of amides is 1. The Morgan fingerprint density at radius 3 is 2.23 bits per heavy atom. The molecule has 26 heavy (non-hydrogen) atoms. The maximum atomic E-state index is 12.2. The summed E-state index contributed by atoms with van der Waals surface area (Å²) in [6, 6.07) is 10.7. The number of nitrogens with one attached hydrogen (secondary N) is 1. The van der Waals surface area contributed by atoms with Gasteiger partial charge in [0.2, 0.25) is 11.7 Å². The second-order valence-electron chi connectivity index (χ2n) is 5.54. The lowest BCUT2D eigenvalue weighted by Gasteiger charge is -2.14. The molecule has 0 saturated heterocycles. The zero-order chi connectivity index (χ0) is 19.1. The van der Waals surface area contributed by atoms with Crippen LogP contribution in [0.1, 0.15) is 24.1 Å². The van der Waals surface area contributed by atoms with Gasteiger partial charge in [-0.1, -0.05) is 29.8 Å². The normalized spacial score (nSPS) is 11.9. The van der Waals surface area contributed by atoms with E-state index in [0.29, 0.717) is 22.3 Å². The second kappa shape index (κ2) is 9.15. The van der Waals surface area contributed by atoms with Crippen molar-refractivity contribution in [1.82, 2.24) is 5.32 Å². The van der Waals surface area contributed by atoms with Crippen molar-refractivity contribution in [3.05, 3.63) is 58.6 Å². The summed E-state index contributed by atoms with van der Waals surface area (Å²) in [4.78, 5) is 12.2. The van der Waals surface area contributed by atoms with Gasteiger partial charge in [-0.25, -0.2) is 0 Å². The highest BCUT2D eigenvalue weighted by molar-refractivity contribution is 6.31. The van der Waals surface area contributed by atoms with Crippen molar-refractivity contribution < 1.29 is 19.0 Å². The largest absolute Gasteiger partial charge is 0.493 e. The fraction of sp³-hybridized carbons (Fsp3) is 0.250. The third-order valence-electron chi connectivity index (χ3n) is 3.84. The number of benzene rings is 2. The van der Waals surface area contributed by atoms with E-state index in [1.54, 1.807) is 45.6 Å². The fourth-order valence-electron chi connectivity index (χ4n) is 2.54. The molecule has 0 saturated carbocycles. The van der Waals surface area contributed by atoms with E-state index in [2.05, 4.69) is 5.32 Å². The first-order chi connectivity index (χ1) is 12.5. The number of methoxy groups -OCH3 is 3. The molecule has 0 radical (unpaired) electrons. The van der Waals surface area contributed by atoms with E-state index in [1.807, 2.05) is 25.1 Å². The summed E-state index contributed by atoms with van der Waals surface area (Å²) in [5, 5.41) is 3.51. The molecule has 1 atom stereocenters. The summed E-state index contributed by atoms with van der Waals surface area (Å²) in [7, 11) is 4.63. The van der Waals surface area contributed by atoms with Gasteiger partial charge in [-0.2, -0.15) is 0 Å². The predicted octanol–water partition coefficient (Wildman–Crippen LogP) is 4.26. The summed E-state index contributed by atoms with van der Waals surface area (Å²) in [5.41, 5.74) is 1.61. The van der Waals surface area contributed by atoms with Gasteiger partial charge >= 0.3 is 0 Å². The Kier molecular flexibility index (Phi) is 6.92. The summed E-state index contributed by atoms with van der Waals surface area (Å²) in [5.74, 6) is 1.32. The van der Waals surface area contributed by atoms with Gasteiger partial charge in [-0.05, 0) is 42.3 Å². The van der Waals surface area contributed by atoms with E-state index in [9.17, 15) is 4.79 Å². The highest BCUT2D eigenvalue weighted by Gasteiger charge is 2.13. The van der Waals surface area contributed by atoms with Crippen LogP contribution in [0.3, 0.4) is 0 Å². The molecule has 2 rings (SSSR count). The minimum absolute atomic E-state index is 0.208. The smallest absolute Gasteiger partial charge is 0.244 e. The zero-order valence-electron chi connectivity index (χ0n) is 15.2. The minimum atomic E-state index is -0.230. The van der Waals surface area contributed by atoms with E-state index in [-0.39, 0.29) is 11.9 Å². The lowest BCUT2D eigenvalue weighted by atomic mass is 10.1. The van der Waals surface area contributed by atoms with Gasteiger partial charge in [-0.3, -0.25) is 4.79 Å². The number of hydrogen-bond donors (Lipinski definition) is 1. The molecule has 0 fully saturated rings. The summed E-state index contributed by atoms with van der Waals surface area (Å²) < 4.78 is 15.9. The number of carbonyl (C=O) groups is 1. The van der Waals surface area contributed by atoms with Crippen molar-refractivity contribution in [1.29, 1.82) is 0 Å². The standard InChI is InChI=1S/C20H22ClNO4/c1-13(15-7-5-6-8-16(15)21)22-19(23)10-9-14-11-17(24-2)20(26-4)18(12-14)25-3/h5-13H,1-4H3,(H,22,23)/b10-9+. The number of ether oxygens (including phenoxy) is 3. The number of halogens is 1. The minimum Gasteiger partial charge on any atom is -0.493 e. The molecule has 1 amide bonds. The molecule has 1 unspecified atom stereocenters. The Hall–Kier alpha value is -2.66. The number of hydrogen-bond acceptors (Lipinski definition) is 4. The Bertz CT molecular complexity index is 779. The summed E-state index contributed by atoms with van der Waals surface area (Å²) >= 11 is 6.16. The molecule has 5 nitrogen and oxygen atoms in total. The SMILES string of the molecule is COc1cc(/C=C/C(=O)NC(C)c2ccccc2Cl)cc(OC)c1OC. The third-order valence-corrected chi connectivity index (χ3v) is 4.19. The van der Waals surface area contributed by atoms with Crippen molar-refractivity contribution in [2.45, 2.75) is 13.0 Å². The van der Waals surface area contributed by atoms with E-state index >= 15 is 0 Å². The molecule has 0 aliphatic carbocycles. The fourth-order valence-corrected chi connectivity index (χ4v) is 2.83. The molecular formula is C20H22ClNO4. The topological polar surface area (TPSA) is 56.8 Å². The molecular weight excluding hydrogens is 354 g/mol. The molecule has 0 aliphatic rings. The molecule has 0 aliphatic heterocycles.